The molecule has 0 atom stereocenters. The monoisotopic (exact) mass is 452 g/mol. The van der Waals surface area contributed by atoms with E-state index in [2.05, 4.69) is 9.97 Å². The molecule has 0 N–H and O–H groups in total. The smallest absolute Gasteiger partial charge is 0.254 e. The van der Waals surface area contributed by atoms with Crippen LogP contribution in [-0.2, 0) is 11.2 Å². The Hall–Kier alpha value is -3.46. The van der Waals surface area contributed by atoms with Crippen LogP contribution < -0.4 is 9.47 Å². The highest BCUT2D eigenvalue weighted by Gasteiger charge is 2.26. The minimum Gasteiger partial charge on any atom is -0.497 e. The van der Waals surface area contributed by atoms with E-state index < -0.39 is 0 Å². The summed E-state index contributed by atoms with van der Waals surface area (Å²) in [6.45, 7) is 1.93. The zero-order chi connectivity index (χ0) is 22.5. The predicted octanol–water partition coefficient (Wildman–Crippen LogP) is 2.75. The van der Waals surface area contributed by atoms with E-state index in [1.807, 2.05) is 17.5 Å². The van der Waals surface area contributed by atoms with Gasteiger partial charge < -0.3 is 19.3 Å². The van der Waals surface area contributed by atoms with Crippen molar-refractivity contribution in [2.45, 2.75) is 6.42 Å². The number of methoxy groups -OCH3 is 2. The van der Waals surface area contributed by atoms with E-state index in [1.54, 1.807) is 54.6 Å². The molecule has 0 spiro atoms. The van der Waals surface area contributed by atoms with Crippen molar-refractivity contribution in [1.29, 1.82) is 0 Å². The number of pyridine rings is 1. The molecule has 32 heavy (non-hydrogen) atoms. The predicted molar refractivity (Wildman–Crippen MR) is 121 cm³/mol. The summed E-state index contributed by atoms with van der Waals surface area (Å²) in [6, 6.07) is 8.94. The molecule has 8 nitrogen and oxygen atoms in total. The number of rotatable bonds is 6. The fourth-order valence-electron chi connectivity index (χ4n) is 3.55. The van der Waals surface area contributed by atoms with Gasteiger partial charge in [0.25, 0.3) is 5.91 Å². The first kappa shape index (κ1) is 21.8. The number of carbonyl (C=O) groups excluding carboxylic acids is 2. The number of hydrogen-bond donors (Lipinski definition) is 0. The summed E-state index contributed by atoms with van der Waals surface area (Å²) in [5, 5.41) is 2.76. The molecule has 1 fully saturated rings. The molecule has 1 saturated heterocycles. The molecule has 1 aliphatic heterocycles. The molecule has 166 valence electrons. The van der Waals surface area contributed by atoms with Crippen molar-refractivity contribution in [2.24, 2.45) is 0 Å². The van der Waals surface area contributed by atoms with Crippen LogP contribution in [0.1, 0.15) is 16.1 Å². The molecule has 4 rings (SSSR count). The molecule has 0 unspecified atom stereocenters. The van der Waals surface area contributed by atoms with Crippen molar-refractivity contribution in [3.63, 3.8) is 0 Å². The van der Waals surface area contributed by atoms with Gasteiger partial charge in [-0.05, 0) is 24.3 Å². The molecule has 0 bridgehead atoms. The summed E-state index contributed by atoms with van der Waals surface area (Å²) < 4.78 is 10.5. The van der Waals surface area contributed by atoms with Crippen LogP contribution >= 0.6 is 11.3 Å². The SMILES string of the molecule is COc1cc(OC)cc(C(=O)N2CCN(C(=O)Cc3csc(-c4cccnc4)n3)CC2)c1. The van der Waals surface area contributed by atoms with Gasteiger partial charge in [0.1, 0.15) is 16.5 Å². The number of nitrogens with zero attached hydrogens (tertiary/aromatic N) is 4. The maximum absolute atomic E-state index is 12.9. The van der Waals surface area contributed by atoms with Crippen LogP contribution in [0.5, 0.6) is 11.5 Å². The Morgan fingerprint density at radius 2 is 1.72 bits per heavy atom. The largest absolute Gasteiger partial charge is 0.497 e. The first-order chi connectivity index (χ1) is 15.6. The number of aromatic nitrogens is 2. The summed E-state index contributed by atoms with van der Waals surface area (Å²) in [4.78, 5) is 37.9. The normalized spacial score (nSPS) is 13.7. The quantitative estimate of drug-likeness (QED) is 0.572. The van der Waals surface area contributed by atoms with Crippen molar-refractivity contribution in [3.8, 4) is 22.1 Å². The second-order valence-corrected chi connectivity index (χ2v) is 8.19. The second kappa shape index (κ2) is 9.78. The van der Waals surface area contributed by atoms with Gasteiger partial charge >= 0.3 is 0 Å². The maximum Gasteiger partial charge on any atom is 0.254 e. The van der Waals surface area contributed by atoms with Crippen LogP contribution in [0.2, 0.25) is 0 Å². The third-order valence-electron chi connectivity index (χ3n) is 5.31. The van der Waals surface area contributed by atoms with E-state index in [1.165, 1.54) is 11.3 Å². The number of carbonyl (C=O) groups is 2. The number of piperazine rings is 1. The lowest BCUT2D eigenvalue weighted by molar-refractivity contribution is -0.132. The van der Waals surface area contributed by atoms with E-state index in [0.29, 0.717) is 43.2 Å². The molecule has 0 radical (unpaired) electrons. The highest BCUT2D eigenvalue weighted by molar-refractivity contribution is 7.13. The van der Waals surface area contributed by atoms with Gasteiger partial charge in [0.2, 0.25) is 5.91 Å². The first-order valence-electron chi connectivity index (χ1n) is 10.2. The highest BCUT2D eigenvalue weighted by Crippen LogP contribution is 2.25. The molecule has 1 aliphatic rings. The van der Waals surface area contributed by atoms with Crippen LogP contribution in [0.15, 0.2) is 48.1 Å². The van der Waals surface area contributed by atoms with E-state index >= 15 is 0 Å². The summed E-state index contributed by atoms with van der Waals surface area (Å²) >= 11 is 1.50. The number of ether oxygens (including phenoxy) is 2. The van der Waals surface area contributed by atoms with Crippen molar-refractivity contribution in [2.75, 3.05) is 40.4 Å². The van der Waals surface area contributed by atoms with Gasteiger partial charge in [-0.2, -0.15) is 0 Å². The van der Waals surface area contributed by atoms with Gasteiger partial charge in [-0.1, -0.05) is 0 Å². The topological polar surface area (TPSA) is 84.9 Å². The molecular formula is C23H24N4O4S. The van der Waals surface area contributed by atoms with Crippen LogP contribution in [0.4, 0.5) is 0 Å². The minimum absolute atomic E-state index is 0.0168. The molecule has 3 aromatic rings. The fourth-order valence-corrected chi connectivity index (χ4v) is 4.36. The van der Waals surface area contributed by atoms with E-state index in [4.69, 9.17) is 9.47 Å². The summed E-state index contributed by atoms with van der Waals surface area (Å²) in [5.41, 5.74) is 2.20. The van der Waals surface area contributed by atoms with Crippen molar-refractivity contribution >= 4 is 23.2 Å². The zero-order valence-corrected chi connectivity index (χ0v) is 18.8. The van der Waals surface area contributed by atoms with Gasteiger partial charge in [-0.3, -0.25) is 14.6 Å². The Balaban J connectivity index is 1.34. The maximum atomic E-state index is 12.9. The Morgan fingerprint density at radius 3 is 2.34 bits per heavy atom. The van der Waals surface area contributed by atoms with Gasteiger partial charge in [-0.15, -0.1) is 11.3 Å². The van der Waals surface area contributed by atoms with Gasteiger partial charge in [-0.25, -0.2) is 4.98 Å². The van der Waals surface area contributed by atoms with Crippen LogP contribution in [0.3, 0.4) is 0 Å². The van der Waals surface area contributed by atoms with E-state index in [0.717, 1.165) is 16.3 Å². The van der Waals surface area contributed by atoms with Gasteiger partial charge in [0.05, 0.1) is 26.3 Å². The standard InChI is InChI=1S/C23H24N4O4S/c1-30-19-10-17(11-20(13-19)31-2)23(29)27-8-6-26(7-9-27)21(28)12-18-15-32-22(25-18)16-4-3-5-24-14-16/h3-5,10-11,13-15H,6-9,12H2,1-2H3. The minimum atomic E-state index is -0.102. The first-order valence-corrected chi connectivity index (χ1v) is 11.1. The molecule has 3 heterocycles. The highest BCUT2D eigenvalue weighted by atomic mass is 32.1. The third-order valence-corrected chi connectivity index (χ3v) is 6.25. The van der Waals surface area contributed by atoms with Gasteiger partial charge in [0.15, 0.2) is 0 Å². The Labute approximate surface area is 190 Å². The van der Waals surface area contributed by atoms with Crippen molar-refractivity contribution in [1.82, 2.24) is 19.8 Å². The Kier molecular flexibility index (Phi) is 6.65. The van der Waals surface area contributed by atoms with Crippen LogP contribution in [0.25, 0.3) is 10.6 Å². The molecule has 0 aliphatic carbocycles. The lowest BCUT2D eigenvalue weighted by atomic mass is 10.1. The average molecular weight is 453 g/mol. The lowest BCUT2D eigenvalue weighted by Gasteiger charge is -2.34. The van der Waals surface area contributed by atoms with Crippen LogP contribution in [0, 0.1) is 0 Å². The van der Waals surface area contributed by atoms with Crippen molar-refractivity contribution < 1.29 is 19.1 Å². The van der Waals surface area contributed by atoms with E-state index in [-0.39, 0.29) is 18.2 Å². The molecule has 9 heteroatoms. The zero-order valence-electron chi connectivity index (χ0n) is 18.0. The van der Waals surface area contributed by atoms with Crippen LogP contribution in [-0.4, -0.2) is 72.0 Å². The number of amides is 2. The summed E-state index contributed by atoms with van der Waals surface area (Å²) in [6.07, 6.45) is 3.73. The Morgan fingerprint density at radius 1 is 1.03 bits per heavy atom. The molecule has 2 aromatic heterocycles. The lowest BCUT2D eigenvalue weighted by Crippen LogP contribution is -2.51. The molecule has 2 amide bonds. The number of benzene rings is 1. The summed E-state index contributed by atoms with van der Waals surface area (Å²) in [5.74, 6) is 1.05. The third kappa shape index (κ3) is 4.88. The second-order valence-electron chi connectivity index (χ2n) is 7.34. The number of hydrogen-bond acceptors (Lipinski definition) is 7. The van der Waals surface area contributed by atoms with Crippen molar-refractivity contribution in [3.05, 3.63) is 59.4 Å². The summed E-state index contributed by atoms with van der Waals surface area (Å²) in [7, 11) is 3.10. The van der Waals surface area contributed by atoms with E-state index in [9.17, 15) is 9.59 Å². The molecular weight excluding hydrogens is 428 g/mol. The molecule has 1 aromatic carbocycles. The number of thiazole rings is 1. The molecule has 0 saturated carbocycles. The fraction of sp³-hybridized carbons (Fsp3) is 0.304. The van der Waals surface area contributed by atoms with Gasteiger partial charge in [0, 0.05) is 61.1 Å². The Bertz CT molecular complexity index is 1070. The average Bonchev–Trinajstić information content (AvgIpc) is 3.32.